The fourth-order valence-electron chi connectivity index (χ4n) is 3.09. The lowest BCUT2D eigenvalue weighted by molar-refractivity contribution is -0.148. The van der Waals surface area contributed by atoms with Gasteiger partial charge in [-0.15, -0.1) is 0 Å². The molecule has 0 aliphatic carbocycles. The van der Waals surface area contributed by atoms with E-state index in [9.17, 15) is 4.79 Å². The number of carbonyl (C=O) groups is 1. The van der Waals surface area contributed by atoms with Gasteiger partial charge in [-0.3, -0.25) is 4.99 Å². The summed E-state index contributed by atoms with van der Waals surface area (Å²) in [7, 11) is 1.41. The molecule has 118 valence electrons. The van der Waals surface area contributed by atoms with Crippen LogP contribution in [0.1, 0.15) is 18.1 Å². The summed E-state index contributed by atoms with van der Waals surface area (Å²) in [5.41, 5.74) is 1.02. The Morgan fingerprint density at radius 3 is 2.35 bits per heavy atom. The van der Waals surface area contributed by atoms with E-state index in [0.717, 1.165) is 5.56 Å². The van der Waals surface area contributed by atoms with Crippen LogP contribution in [0.15, 0.2) is 65.7 Å². The quantitative estimate of drug-likeness (QED) is 0.815. The molecular weight excluding hydrogens is 288 g/mol. The van der Waals surface area contributed by atoms with Gasteiger partial charge in [0.05, 0.1) is 19.5 Å². The van der Waals surface area contributed by atoms with Crippen LogP contribution < -0.4 is 0 Å². The number of ether oxygens (including phenoxy) is 1. The molecule has 23 heavy (non-hydrogen) atoms. The maximum Gasteiger partial charge on any atom is 0.340 e. The van der Waals surface area contributed by atoms with Gasteiger partial charge in [0.15, 0.2) is 0 Å². The standard InChI is InChI=1S/C19H20N2O2/c1-15-19(18(22)23-2,17-11-7-4-8-12-17)20-14-21(15)13-16-9-5-3-6-10-16/h3-12,14-15H,13H2,1-2H3. The molecule has 2 aromatic rings. The first-order valence-electron chi connectivity index (χ1n) is 7.67. The van der Waals surface area contributed by atoms with Crippen LogP contribution in [0.5, 0.6) is 0 Å². The van der Waals surface area contributed by atoms with Crippen molar-refractivity contribution >= 4 is 12.3 Å². The Bertz CT molecular complexity index is 700. The van der Waals surface area contributed by atoms with Crippen LogP contribution in [0.3, 0.4) is 0 Å². The molecule has 0 N–H and O–H groups in total. The van der Waals surface area contributed by atoms with Gasteiger partial charge in [-0.05, 0) is 18.1 Å². The van der Waals surface area contributed by atoms with E-state index in [1.807, 2.05) is 55.5 Å². The average molecular weight is 308 g/mol. The second kappa shape index (κ2) is 6.24. The zero-order valence-electron chi connectivity index (χ0n) is 13.3. The molecule has 1 aliphatic rings. The van der Waals surface area contributed by atoms with Crippen LogP contribution in [0, 0.1) is 0 Å². The van der Waals surface area contributed by atoms with Gasteiger partial charge in [-0.25, -0.2) is 4.79 Å². The molecule has 0 fully saturated rings. The first-order valence-corrected chi connectivity index (χ1v) is 7.67. The number of hydrogen-bond acceptors (Lipinski definition) is 4. The lowest BCUT2D eigenvalue weighted by Gasteiger charge is -2.33. The molecule has 0 spiro atoms. The third-order valence-electron chi connectivity index (χ3n) is 4.43. The Balaban J connectivity index is 1.94. The SMILES string of the molecule is COC(=O)C1(c2ccccc2)N=CN(Cc2ccccc2)C1C. The van der Waals surface area contributed by atoms with Gasteiger partial charge in [0.2, 0.25) is 5.54 Å². The van der Waals surface area contributed by atoms with Crippen molar-refractivity contribution in [3.63, 3.8) is 0 Å². The zero-order valence-corrected chi connectivity index (χ0v) is 13.3. The number of hydrogen-bond donors (Lipinski definition) is 0. The van der Waals surface area contributed by atoms with Gasteiger partial charge in [-0.1, -0.05) is 60.7 Å². The summed E-state index contributed by atoms with van der Waals surface area (Å²) in [6.07, 6.45) is 1.77. The molecule has 0 bridgehead atoms. The zero-order chi connectivity index (χ0) is 16.3. The van der Waals surface area contributed by atoms with Crippen molar-refractivity contribution in [1.29, 1.82) is 0 Å². The molecule has 0 radical (unpaired) electrons. The lowest BCUT2D eigenvalue weighted by Crippen LogP contribution is -2.47. The second-order valence-electron chi connectivity index (χ2n) is 5.70. The van der Waals surface area contributed by atoms with E-state index in [0.29, 0.717) is 6.54 Å². The Labute approximate surface area is 136 Å². The Morgan fingerprint density at radius 2 is 1.74 bits per heavy atom. The molecule has 0 saturated heterocycles. The van der Waals surface area contributed by atoms with E-state index < -0.39 is 5.54 Å². The van der Waals surface area contributed by atoms with E-state index >= 15 is 0 Å². The van der Waals surface area contributed by atoms with Crippen molar-refractivity contribution in [1.82, 2.24) is 4.90 Å². The van der Waals surface area contributed by atoms with Crippen molar-refractivity contribution < 1.29 is 9.53 Å². The van der Waals surface area contributed by atoms with E-state index in [1.54, 1.807) is 6.34 Å². The summed E-state index contributed by atoms with van der Waals surface area (Å²) in [6, 6.07) is 19.7. The van der Waals surface area contributed by atoms with E-state index in [1.165, 1.54) is 12.7 Å². The third-order valence-corrected chi connectivity index (χ3v) is 4.43. The van der Waals surface area contributed by atoms with Gasteiger partial charge in [0, 0.05) is 6.54 Å². The molecule has 0 saturated carbocycles. The van der Waals surface area contributed by atoms with Gasteiger partial charge in [0.25, 0.3) is 0 Å². The molecule has 3 rings (SSSR count). The smallest absolute Gasteiger partial charge is 0.340 e. The highest BCUT2D eigenvalue weighted by atomic mass is 16.5. The monoisotopic (exact) mass is 308 g/mol. The van der Waals surface area contributed by atoms with Crippen molar-refractivity contribution in [3.05, 3.63) is 71.8 Å². The molecule has 2 atom stereocenters. The summed E-state index contributed by atoms with van der Waals surface area (Å²) in [6.45, 7) is 2.72. The molecule has 2 aromatic carbocycles. The summed E-state index contributed by atoms with van der Waals surface area (Å²) in [4.78, 5) is 19.3. The number of benzene rings is 2. The third kappa shape index (κ3) is 2.61. The highest BCUT2D eigenvalue weighted by Crippen LogP contribution is 2.37. The van der Waals surface area contributed by atoms with Crippen molar-refractivity contribution in [2.24, 2.45) is 4.99 Å². The lowest BCUT2D eigenvalue weighted by atomic mass is 9.84. The minimum Gasteiger partial charge on any atom is -0.467 e. The van der Waals surface area contributed by atoms with Crippen LogP contribution in [-0.4, -0.2) is 30.4 Å². The molecule has 4 nitrogen and oxygen atoms in total. The van der Waals surface area contributed by atoms with Gasteiger partial charge in [-0.2, -0.15) is 0 Å². The number of carbonyl (C=O) groups excluding carboxylic acids is 1. The number of rotatable bonds is 4. The number of esters is 1. The average Bonchev–Trinajstić information content (AvgIpc) is 2.93. The van der Waals surface area contributed by atoms with Crippen molar-refractivity contribution in [2.75, 3.05) is 7.11 Å². The number of nitrogens with zero attached hydrogens (tertiary/aromatic N) is 2. The maximum atomic E-state index is 12.6. The van der Waals surface area contributed by atoms with Gasteiger partial charge < -0.3 is 9.64 Å². The summed E-state index contributed by atoms with van der Waals surface area (Å²) in [5.74, 6) is -0.331. The maximum absolute atomic E-state index is 12.6. The summed E-state index contributed by atoms with van der Waals surface area (Å²) >= 11 is 0. The molecule has 1 heterocycles. The Morgan fingerprint density at radius 1 is 1.13 bits per heavy atom. The predicted octanol–water partition coefficient (Wildman–Crippen LogP) is 2.99. The highest BCUT2D eigenvalue weighted by molar-refractivity contribution is 5.87. The fourth-order valence-corrected chi connectivity index (χ4v) is 3.09. The molecule has 0 amide bonds. The molecule has 2 unspecified atom stereocenters. The largest absolute Gasteiger partial charge is 0.467 e. The van der Waals surface area contributed by atoms with Gasteiger partial charge >= 0.3 is 5.97 Å². The van der Waals surface area contributed by atoms with Gasteiger partial charge in [0.1, 0.15) is 0 Å². The Hall–Kier alpha value is -2.62. The molecule has 4 heteroatoms. The molecule has 1 aliphatic heterocycles. The highest BCUT2D eigenvalue weighted by Gasteiger charge is 2.51. The normalized spacial score (nSPS) is 23.0. The fraction of sp³-hybridized carbons (Fsp3) is 0.263. The number of aliphatic imine (C=N–C) groups is 1. The topological polar surface area (TPSA) is 41.9 Å². The van der Waals surface area contributed by atoms with E-state index in [4.69, 9.17) is 4.74 Å². The minimum absolute atomic E-state index is 0.127. The minimum atomic E-state index is -1.01. The van der Waals surface area contributed by atoms with Crippen LogP contribution in [0.25, 0.3) is 0 Å². The first kappa shape index (κ1) is 15.3. The van der Waals surface area contributed by atoms with Crippen LogP contribution in [0.2, 0.25) is 0 Å². The van der Waals surface area contributed by atoms with Crippen molar-refractivity contribution in [2.45, 2.75) is 25.0 Å². The van der Waals surface area contributed by atoms with Crippen LogP contribution in [-0.2, 0) is 21.6 Å². The first-order chi connectivity index (χ1) is 11.2. The molecule has 0 aromatic heterocycles. The van der Waals surface area contributed by atoms with E-state index in [-0.39, 0.29) is 12.0 Å². The van der Waals surface area contributed by atoms with E-state index in [2.05, 4.69) is 22.0 Å². The predicted molar refractivity (Wildman–Crippen MR) is 90.1 cm³/mol. The number of methoxy groups -OCH3 is 1. The Kier molecular flexibility index (Phi) is 4.15. The second-order valence-corrected chi connectivity index (χ2v) is 5.70. The summed E-state index contributed by atoms with van der Waals surface area (Å²) < 4.78 is 5.08. The van der Waals surface area contributed by atoms with Crippen LogP contribution in [0.4, 0.5) is 0 Å². The van der Waals surface area contributed by atoms with Crippen LogP contribution >= 0.6 is 0 Å². The molecular formula is C19H20N2O2. The van der Waals surface area contributed by atoms with Crippen molar-refractivity contribution in [3.8, 4) is 0 Å². The summed E-state index contributed by atoms with van der Waals surface area (Å²) in [5, 5.41) is 0.